The molecule has 0 aliphatic carbocycles. The van der Waals surface area contributed by atoms with E-state index in [4.69, 9.17) is 4.74 Å². The van der Waals surface area contributed by atoms with E-state index in [9.17, 15) is 19.8 Å². The van der Waals surface area contributed by atoms with Crippen molar-refractivity contribution < 1.29 is 24.5 Å². The van der Waals surface area contributed by atoms with Gasteiger partial charge in [0.25, 0.3) is 0 Å². The van der Waals surface area contributed by atoms with Crippen molar-refractivity contribution in [1.29, 1.82) is 0 Å². The summed E-state index contributed by atoms with van der Waals surface area (Å²) in [7, 11) is 0. The van der Waals surface area contributed by atoms with E-state index in [-0.39, 0.29) is 24.9 Å². The van der Waals surface area contributed by atoms with Crippen LogP contribution in [0.4, 0.5) is 0 Å². The van der Waals surface area contributed by atoms with E-state index in [0.29, 0.717) is 19.3 Å². The van der Waals surface area contributed by atoms with Gasteiger partial charge >= 0.3 is 5.97 Å². The first kappa shape index (κ1) is 62.3. The van der Waals surface area contributed by atoms with Crippen molar-refractivity contribution >= 4 is 11.9 Å². The minimum Gasteiger partial charge on any atom is -0.461 e. The molecular formula is C59H105NO5. The summed E-state index contributed by atoms with van der Waals surface area (Å²) >= 11 is 0. The Balaban J connectivity index is 4.71. The minimum absolute atomic E-state index is 0.00639. The molecule has 0 saturated carbocycles. The molecule has 0 aromatic carbocycles. The lowest BCUT2D eigenvalue weighted by molar-refractivity contribution is -0.150. The van der Waals surface area contributed by atoms with Crippen molar-refractivity contribution in [2.45, 2.75) is 283 Å². The number of allylic oxidation sites excluding steroid dienone is 11. The second-order valence-electron chi connectivity index (χ2n) is 18.7. The number of aliphatic hydroxyl groups is 2. The highest BCUT2D eigenvalue weighted by molar-refractivity contribution is 5.77. The van der Waals surface area contributed by atoms with E-state index >= 15 is 0 Å². The van der Waals surface area contributed by atoms with E-state index < -0.39 is 18.2 Å². The van der Waals surface area contributed by atoms with E-state index in [0.717, 1.165) is 77.0 Å². The van der Waals surface area contributed by atoms with Crippen molar-refractivity contribution in [3.05, 3.63) is 72.9 Å². The number of hydrogen-bond donors (Lipinski definition) is 3. The van der Waals surface area contributed by atoms with Crippen molar-refractivity contribution in [2.24, 2.45) is 0 Å². The number of unbranched alkanes of at least 4 members (excludes halogenated alkanes) is 27. The highest BCUT2D eigenvalue weighted by Crippen LogP contribution is 2.16. The van der Waals surface area contributed by atoms with E-state index in [1.807, 2.05) is 6.08 Å². The van der Waals surface area contributed by atoms with Crippen LogP contribution < -0.4 is 5.32 Å². The Hall–Kier alpha value is -2.70. The van der Waals surface area contributed by atoms with Gasteiger partial charge in [0.1, 0.15) is 6.10 Å². The van der Waals surface area contributed by atoms with Gasteiger partial charge in [0.05, 0.1) is 25.2 Å². The Morgan fingerprint density at radius 1 is 0.477 bits per heavy atom. The average molecular weight is 908 g/mol. The normalized spacial score (nSPS) is 13.7. The number of esters is 1. The van der Waals surface area contributed by atoms with Gasteiger partial charge in [-0.05, 0) is 70.6 Å². The largest absolute Gasteiger partial charge is 0.461 e. The Labute approximate surface area is 402 Å². The molecule has 0 saturated heterocycles. The Morgan fingerprint density at radius 3 is 1.35 bits per heavy atom. The minimum atomic E-state index is -0.816. The molecule has 0 aromatic heterocycles. The highest BCUT2D eigenvalue weighted by atomic mass is 16.5. The van der Waals surface area contributed by atoms with Crippen LogP contribution in [0.1, 0.15) is 265 Å². The van der Waals surface area contributed by atoms with Crippen LogP contribution in [0.5, 0.6) is 0 Å². The monoisotopic (exact) mass is 908 g/mol. The fourth-order valence-corrected chi connectivity index (χ4v) is 8.05. The third kappa shape index (κ3) is 47.6. The molecule has 6 nitrogen and oxygen atoms in total. The Kier molecular flexibility index (Phi) is 50.1. The second kappa shape index (κ2) is 52.3. The SMILES string of the molecule is CCCCC/C=C\C/C=C\C/C=C\C/C=C\CC(CC(=O)NC(CO)C(O)CCCCCCCCCCCCCCC)OC(=O)CCCCCCC/C=C/C=C/CCCCCCCCC. The molecule has 0 bridgehead atoms. The summed E-state index contributed by atoms with van der Waals surface area (Å²) in [6.07, 6.45) is 66.9. The van der Waals surface area contributed by atoms with Gasteiger partial charge in [-0.25, -0.2) is 0 Å². The smallest absolute Gasteiger partial charge is 0.306 e. The summed E-state index contributed by atoms with van der Waals surface area (Å²) in [5.41, 5.74) is 0. The van der Waals surface area contributed by atoms with Gasteiger partial charge in [-0.3, -0.25) is 9.59 Å². The van der Waals surface area contributed by atoms with Crippen LogP contribution in [-0.2, 0) is 14.3 Å². The zero-order chi connectivity index (χ0) is 47.4. The quantitative estimate of drug-likeness (QED) is 0.0245. The maximum atomic E-state index is 13.2. The van der Waals surface area contributed by atoms with Crippen LogP contribution >= 0.6 is 0 Å². The molecule has 0 fully saturated rings. The van der Waals surface area contributed by atoms with Crippen LogP contribution in [0.3, 0.4) is 0 Å². The number of amides is 1. The average Bonchev–Trinajstić information content (AvgIpc) is 3.30. The second-order valence-corrected chi connectivity index (χ2v) is 18.7. The third-order valence-electron chi connectivity index (χ3n) is 12.3. The van der Waals surface area contributed by atoms with Crippen LogP contribution in [0.25, 0.3) is 0 Å². The molecule has 0 aliphatic heterocycles. The first-order valence-corrected chi connectivity index (χ1v) is 27.7. The summed E-state index contributed by atoms with van der Waals surface area (Å²) in [5, 5.41) is 23.8. The number of carbonyl (C=O) groups excluding carboxylic acids is 2. The molecule has 6 heteroatoms. The van der Waals surface area contributed by atoms with Crippen molar-refractivity contribution in [1.82, 2.24) is 5.32 Å². The Bertz CT molecular complexity index is 1200. The molecule has 0 aliphatic rings. The molecule has 3 N–H and O–H groups in total. The van der Waals surface area contributed by atoms with Gasteiger partial charge in [-0.15, -0.1) is 0 Å². The summed E-state index contributed by atoms with van der Waals surface area (Å²) in [6.45, 7) is 6.43. The first-order chi connectivity index (χ1) is 32.0. The van der Waals surface area contributed by atoms with Gasteiger partial charge < -0.3 is 20.3 Å². The van der Waals surface area contributed by atoms with Gasteiger partial charge in [0.2, 0.25) is 5.91 Å². The third-order valence-corrected chi connectivity index (χ3v) is 12.3. The molecule has 376 valence electrons. The lowest BCUT2D eigenvalue weighted by Crippen LogP contribution is -2.46. The van der Waals surface area contributed by atoms with Gasteiger partial charge in [-0.1, -0.05) is 248 Å². The summed E-state index contributed by atoms with van der Waals surface area (Å²) in [4.78, 5) is 26.2. The fourth-order valence-electron chi connectivity index (χ4n) is 8.05. The molecule has 3 unspecified atom stereocenters. The molecule has 3 atom stereocenters. The molecular weight excluding hydrogens is 803 g/mol. The molecule has 65 heavy (non-hydrogen) atoms. The van der Waals surface area contributed by atoms with Gasteiger partial charge in [0, 0.05) is 12.8 Å². The summed E-state index contributed by atoms with van der Waals surface area (Å²) in [5.74, 6) is -0.592. The van der Waals surface area contributed by atoms with E-state index in [2.05, 4.69) is 92.9 Å². The molecule has 0 aromatic rings. The number of rotatable bonds is 49. The summed E-state index contributed by atoms with van der Waals surface area (Å²) < 4.78 is 5.88. The molecule has 1 amide bonds. The van der Waals surface area contributed by atoms with Gasteiger partial charge in [-0.2, -0.15) is 0 Å². The molecule has 0 rings (SSSR count). The van der Waals surface area contributed by atoms with Crippen LogP contribution in [0.2, 0.25) is 0 Å². The standard InChI is InChI=1S/C59H105NO5/c1-4-7-10-13-16-19-22-25-27-28-29-31-34-37-40-43-46-49-52-59(64)65-55(50-47-44-41-38-35-33-30-26-23-20-17-14-11-8-5-2)53-58(63)60-56(54-61)57(62)51-48-45-42-39-36-32-24-21-18-15-12-9-6-3/h17,20,26-31,35,38,44,47,55-57,61-62H,4-16,18-19,21-25,32-34,36-37,39-43,45-46,48-54H2,1-3H3,(H,60,63)/b20-17-,28-27+,30-26-,31-29+,38-35-,47-44-. The predicted octanol–water partition coefficient (Wildman–Crippen LogP) is 17.0. The van der Waals surface area contributed by atoms with Crippen LogP contribution in [0, 0.1) is 0 Å². The van der Waals surface area contributed by atoms with Crippen molar-refractivity contribution in [3.8, 4) is 0 Å². The lowest BCUT2D eigenvalue weighted by atomic mass is 10.0. The topological polar surface area (TPSA) is 95.9 Å². The number of ether oxygens (including phenoxy) is 1. The first-order valence-electron chi connectivity index (χ1n) is 27.7. The summed E-state index contributed by atoms with van der Waals surface area (Å²) in [6, 6.07) is -0.737. The molecule has 0 heterocycles. The van der Waals surface area contributed by atoms with Crippen molar-refractivity contribution in [3.63, 3.8) is 0 Å². The predicted molar refractivity (Wildman–Crippen MR) is 282 cm³/mol. The Morgan fingerprint density at radius 2 is 0.862 bits per heavy atom. The van der Waals surface area contributed by atoms with Crippen LogP contribution in [-0.4, -0.2) is 46.9 Å². The zero-order valence-electron chi connectivity index (χ0n) is 42.9. The van der Waals surface area contributed by atoms with Gasteiger partial charge in [0.15, 0.2) is 0 Å². The number of hydrogen-bond acceptors (Lipinski definition) is 5. The fraction of sp³-hybridized carbons (Fsp3) is 0.763. The number of aliphatic hydroxyl groups excluding tert-OH is 2. The maximum Gasteiger partial charge on any atom is 0.306 e. The number of nitrogens with one attached hydrogen (secondary N) is 1. The zero-order valence-corrected chi connectivity index (χ0v) is 42.9. The van der Waals surface area contributed by atoms with E-state index in [1.54, 1.807) is 0 Å². The van der Waals surface area contributed by atoms with E-state index in [1.165, 1.54) is 141 Å². The van der Waals surface area contributed by atoms with Crippen LogP contribution in [0.15, 0.2) is 72.9 Å². The maximum absolute atomic E-state index is 13.2. The lowest BCUT2D eigenvalue weighted by Gasteiger charge is -2.24. The van der Waals surface area contributed by atoms with Crippen molar-refractivity contribution in [2.75, 3.05) is 6.61 Å². The highest BCUT2D eigenvalue weighted by Gasteiger charge is 2.23. The molecule has 0 spiro atoms. The molecule has 0 radical (unpaired) electrons. The number of carbonyl (C=O) groups is 2.